The molecule has 4 heteroatoms. The van der Waals surface area contributed by atoms with Crippen molar-refractivity contribution in [3.63, 3.8) is 0 Å². The molecular weight excluding hydrogens is 408 g/mol. The van der Waals surface area contributed by atoms with Crippen LogP contribution in [0.25, 0.3) is 0 Å². The molecule has 4 nitrogen and oxygen atoms in total. The van der Waals surface area contributed by atoms with Gasteiger partial charge in [0.1, 0.15) is 5.71 Å². The van der Waals surface area contributed by atoms with Crippen molar-refractivity contribution in [2.24, 2.45) is 16.6 Å². The standard InChI is InChI=1S/C10H11NO.C10H13NO.C4H10.C3H8.C2H6/c1-2-11-10(8-12)9-6-4-3-5-7-9;1-2-3-8-4-6-9(7-5-8)10(11)12;1-4(2)3;1-3-2;1-2/h3-8H,2H2,1H3;4-7H,2-3H2,1H3,(H2,11,12);4H,1-3H3;3H2,1-2H3;1-2H3. The van der Waals surface area contributed by atoms with Crippen LogP contribution in [0.4, 0.5) is 0 Å². The molecule has 0 saturated carbocycles. The van der Waals surface area contributed by atoms with Crippen molar-refractivity contribution in [1.82, 2.24) is 0 Å². The highest BCUT2D eigenvalue weighted by Crippen LogP contribution is 2.05. The third-order valence-electron chi connectivity index (χ3n) is 3.29. The summed E-state index contributed by atoms with van der Waals surface area (Å²) in [5, 5.41) is 0. The van der Waals surface area contributed by atoms with Gasteiger partial charge in [0, 0.05) is 17.7 Å². The molecule has 1 amide bonds. The van der Waals surface area contributed by atoms with Crippen molar-refractivity contribution in [2.45, 2.75) is 81.6 Å². The Bertz CT molecular complexity index is 718. The Morgan fingerprint density at radius 2 is 1.33 bits per heavy atom. The molecule has 0 spiro atoms. The smallest absolute Gasteiger partial charge is 0.248 e. The van der Waals surface area contributed by atoms with E-state index in [0.29, 0.717) is 17.8 Å². The molecular formula is C29H48N2O2. The monoisotopic (exact) mass is 456 g/mol. The Morgan fingerprint density at radius 1 is 0.879 bits per heavy atom. The topological polar surface area (TPSA) is 72.5 Å². The number of nitrogens with two attached hydrogens (primary N) is 1. The molecule has 33 heavy (non-hydrogen) atoms. The number of aldehydes is 1. The van der Waals surface area contributed by atoms with Gasteiger partial charge < -0.3 is 5.73 Å². The van der Waals surface area contributed by atoms with Crippen LogP contribution < -0.4 is 5.73 Å². The third-order valence-corrected chi connectivity index (χ3v) is 3.29. The fourth-order valence-electron chi connectivity index (χ4n) is 2.10. The number of nitrogens with zero attached hydrogens (tertiary/aromatic N) is 1. The predicted molar refractivity (Wildman–Crippen MR) is 146 cm³/mol. The van der Waals surface area contributed by atoms with E-state index < -0.39 is 0 Å². The van der Waals surface area contributed by atoms with Gasteiger partial charge in [-0.1, -0.05) is 111 Å². The van der Waals surface area contributed by atoms with Crippen molar-refractivity contribution >= 4 is 17.9 Å². The average molecular weight is 457 g/mol. The van der Waals surface area contributed by atoms with Crippen molar-refractivity contribution in [2.75, 3.05) is 6.54 Å². The lowest BCUT2D eigenvalue weighted by Crippen LogP contribution is -2.10. The van der Waals surface area contributed by atoms with E-state index in [-0.39, 0.29) is 5.91 Å². The van der Waals surface area contributed by atoms with Gasteiger partial charge in [0.25, 0.3) is 0 Å². The molecule has 0 aliphatic heterocycles. The number of amides is 1. The molecule has 0 fully saturated rings. The zero-order valence-corrected chi connectivity index (χ0v) is 22.5. The van der Waals surface area contributed by atoms with E-state index in [1.807, 2.05) is 63.2 Å². The molecule has 2 N–H and O–H groups in total. The predicted octanol–water partition coefficient (Wildman–Crippen LogP) is 7.54. The molecule has 0 aromatic heterocycles. The van der Waals surface area contributed by atoms with Crippen molar-refractivity contribution in [3.05, 3.63) is 71.3 Å². The molecule has 0 unspecified atom stereocenters. The fourth-order valence-corrected chi connectivity index (χ4v) is 2.10. The summed E-state index contributed by atoms with van der Waals surface area (Å²) in [6.45, 7) is 19.4. The molecule has 0 aliphatic carbocycles. The first-order valence-corrected chi connectivity index (χ1v) is 12.2. The fraction of sp³-hybridized carbons (Fsp3) is 0.483. The maximum Gasteiger partial charge on any atom is 0.248 e. The summed E-state index contributed by atoms with van der Waals surface area (Å²) >= 11 is 0. The van der Waals surface area contributed by atoms with Gasteiger partial charge in [-0.25, -0.2) is 0 Å². The first kappa shape index (κ1) is 34.9. The van der Waals surface area contributed by atoms with Gasteiger partial charge in [-0.05, 0) is 37.0 Å². The van der Waals surface area contributed by atoms with Crippen LogP contribution in [0.3, 0.4) is 0 Å². The normalized spacial score (nSPS) is 9.45. The number of benzene rings is 2. The minimum atomic E-state index is -0.363. The largest absolute Gasteiger partial charge is 0.366 e. The van der Waals surface area contributed by atoms with Gasteiger partial charge in [0.05, 0.1) is 0 Å². The summed E-state index contributed by atoms with van der Waals surface area (Å²) in [5.41, 5.74) is 8.34. The molecule has 2 aromatic rings. The summed E-state index contributed by atoms with van der Waals surface area (Å²) in [7, 11) is 0. The minimum absolute atomic E-state index is 0.363. The summed E-state index contributed by atoms with van der Waals surface area (Å²) < 4.78 is 0. The van der Waals surface area contributed by atoms with Crippen molar-refractivity contribution in [3.8, 4) is 0 Å². The highest BCUT2D eigenvalue weighted by molar-refractivity contribution is 6.36. The van der Waals surface area contributed by atoms with E-state index in [9.17, 15) is 9.59 Å². The Kier molecular flexibility index (Phi) is 26.9. The van der Waals surface area contributed by atoms with Crippen LogP contribution >= 0.6 is 0 Å². The van der Waals surface area contributed by atoms with Crippen LogP contribution in [0.1, 0.15) is 96.6 Å². The molecule has 0 aliphatic rings. The molecule has 2 aromatic carbocycles. The van der Waals surface area contributed by atoms with E-state index in [4.69, 9.17) is 5.73 Å². The zero-order valence-electron chi connectivity index (χ0n) is 22.5. The Balaban J connectivity index is -0.000000404. The highest BCUT2D eigenvalue weighted by Gasteiger charge is 1.99. The van der Waals surface area contributed by atoms with E-state index >= 15 is 0 Å². The molecule has 2 rings (SSSR count). The molecule has 0 heterocycles. The van der Waals surface area contributed by atoms with Crippen molar-refractivity contribution in [1.29, 1.82) is 0 Å². The summed E-state index contributed by atoms with van der Waals surface area (Å²) in [5.74, 6) is 0.470. The second-order valence-corrected chi connectivity index (χ2v) is 7.59. The van der Waals surface area contributed by atoms with Crippen LogP contribution in [0, 0.1) is 5.92 Å². The number of carbonyl (C=O) groups is 2. The number of hydrogen-bond acceptors (Lipinski definition) is 3. The second-order valence-electron chi connectivity index (χ2n) is 7.59. The molecule has 0 bridgehead atoms. The van der Waals surface area contributed by atoms with E-state index in [0.717, 1.165) is 30.6 Å². The summed E-state index contributed by atoms with van der Waals surface area (Å²) in [6.07, 6.45) is 4.22. The lowest BCUT2D eigenvalue weighted by atomic mass is 10.1. The van der Waals surface area contributed by atoms with Crippen molar-refractivity contribution < 1.29 is 9.59 Å². The lowest BCUT2D eigenvalue weighted by Gasteiger charge is -1.98. The molecule has 0 radical (unpaired) electrons. The first-order valence-electron chi connectivity index (χ1n) is 12.2. The number of aryl methyl sites for hydroxylation is 1. The second kappa shape index (κ2) is 25.5. The molecule has 0 saturated heterocycles. The summed E-state index contributed by atoms with van der Waals surface area (Å²) in [6, 6.07) is 16.9. The highest BCUT2D eigenvalue weighted by atomic mass is 16.1. The Hall–Kier alpha value is -2.75. The van der Waals surface area contributed by atoms with Gasteiger partial charge in [-0.3, -0.25) is 14.6 Å². The number of aliphatic imine (C=N–C) groups is 1. The number of rotatable bonds is 6. The Labute approximate surface area is 203 Å². The minimum Gasteiger partial charge on any atom is -0.366 e. The van der Waals surface area contributed by atoms with Crippen LogP contribution in [0.5, 0.6) is 0 Å². The summed E-state index contributed by atoms with van der Waals surface area (Å²) in [4.78, 5) is 25.3. The van der Waals surface area contributed by atoms with Gasteiger partial charge in [0.15, 0.2) is 6.29 Å². The lowest BCUT2D eigenvalue weighted by molar-refractivity contribution is -0.102. The van der Waals surface area contributed by atoms with E-state index in [1.54, 1.807) is 12.1 Å². The average Bonchev–Trinajstić information content (AvgIpc) is 2.80. The number of carbonyl (C=O) groups excluding carboxylic acids is 2. The van der Waals surface area contributed by atoms with E-state index in [1.165, 1.54) is 12.0 Å². The van der Waals surface area contributed by atoms with Gasteiger partial charge in [0.2, 0.25) is 5.91 Å². The quantitative estimate of drug-likeness (QED) is 0.360. The number of primary amides is 1. The Morgan fingerprint density at radius 3 is 1.67 bits per heavy atom. The molecule has 0 atom stereocenters. The maximum atomic E-state index is 10.7. The van der Waals surface area contributed by atoms with Crippen LogP contribution in [0.2, 0.25) is 0 Å². The first-order chi connectivity index (χ1) is 15.8. The maximum absolute atomic E-state index is 10.7. The van der Waals surface area contributed by atoms with Gasteiger partial charge >= 0.3 is 0 Å². The van der Waals surface area contributed by atoms with Crippen LogP contribution in [0.15, 0.2) is 59.6 Å². The van der Waals surface area contributed by atoms with E-state index in [2.05, 4.69) is 46.5 Å². The third kappa shape index (κ3) is 22.2. The molecule has 186 valence electrons. The van der Waals surface area contributed by atoms with Crippen LogP contribution in [-0.4, -0.2) is 24.4 Å². The van der Waals surface area contributed by atoms with Gasteiger partial charge in [-0.2, -0.15) is 0 Å². The SMILES string of the molecule is CC.CC(C)C.CCC.CCCc1ccc(C(N)=O)cc1.CCN=C(C=O)c1ccccc1. The van der Waals surface area contributed by atoms with Crippen LogP contribution in [-0.2, 0) is 11.2 Å². The number of hydrogen-bond donors (Lipinski definition) is 1. The zero-order chi connectivity index (χ0) is 26.1. The van der Waals surface area contributed by atoms with Gasteiger partial charge in [-0.15, -0.1) is 0 Å².